The molecular formula is C70H136O17P2. The average Bonchev–Trinajstić information content (AvgIpc) is 3.71. The lowest BCUT2D eigenvalue weighted by Gasteiger charge is -2.21. The van der Waals surface area contributed by atoms with Gasteiger partial charge in [-0.15, -0.1) is 0 Å². The summed E-state index contributed by atoms with van der Waals surface area (Å²) in [6.07, 6.45) is 50.0. The molecule has 89 heavy (non-hydrogen) atoms. The fourth-order valence-corrected chi connectivity index (χ4v) is 12.2. The topological polar surface area (TPSA) is 237 Å². The third-order valence-corrected chi connectivity index (χ3v) is 18.2. The summed E-state index contributed by atoms with van der Waals surface area (Å²) in [6.45, 7) is 7.22. The van der Waals surface area contributed by atoms with E-state index in [0.717, 1.165) is 109 Å². The summed E-state index contributed by atoms with van der Waals surface area (Å²) in [5.41, 5.74) is 0. The minimum Gasteiger partial charge on any atom is -0.462 e. The number of carbonyl (C=O) groups is 4. The van der Waals surface area contributed by atoms with E-state index < -0.39 is 97.5 Å². The predicted octanol–water partition coefficient (Wildman–Crippen LogP) is 20.1. The molecule has 3 N–H and O–H groups in total. The predicted molar refractivity (Wildman–Crippen MR) is 358 cm³/mol. The van der Waals surface area contributed by atoms with Crippen LogP contribution in [-0.2, 0) is 65.4 Å². The number of phosphoric ester groups is 2. The Bertz CT molecular complexity index is 1720. The molecule has 2 unspecified atom stereocenters. The Balaban J connectivity index is 5.21. The van der Waals surface area contributed by atoms with Crippen LogP contribution in [0.3, 0.4) is 0 Å². The van der Waals surface area contributed by atoms with Gasteiger partial charge < -0.3 is 33.8 Å². The van der Waals surface area contributed by atoms with Crippen molar-refractivity contribution in [1.29, 1.82) is 0 Å². The Hall–Kier alpha value is -1.94. The molecule has 0 aliphatic heterocycles. The van der Waals surface area contributed by atoms with Gasteiger partial charge in [-0.1, -0.05) is 311 Å². The third-order valence-electron chi connectivity index (χ3n) is 16.3. The molecule has 5 atom stereocenters. The van der Waals surface area contributed by atoms with Crippen molar-refractivity contribution < 1.29 is 80.2 Å². The minimum absolute atomic E-state index is 0.107. The van der Waals surface area contributed by atoms with E-state index in [1.807, 2.05) is 0 Å². The van der Waals surface area contributed by atoms with Crippen LogP contribution < -0.4 is 0 Å². The SMILES string of the molecule is CCCCCCCCCCCCCCCCCCC(=O)O[C@H](COC(=O)CCCCCCCCCCCCCC(C)C)COP(=O)(O)OC[C@@H](O)COP(=O)(O)OC[C@@H](COC(=O)CCCCCCCCC)OC(=O)CCCCCCCCCCCCCC. The average molecular weight is 1310 g/mol. The van der Waals surface area contributed by atoms with Gasteiger partial charge in [0.25, 0.3) is 0 Å². The van der Waals surface area contributed by atoms with Gasteiger partial charge >= 0.3 is 39.5 Å². The number of unbranched alkanes of at least 4 members (excludes halogenated alkanes) is 42. The molecule has 528 valence electrons. The number of phosphoric acid groups is 2. The van der Waals surface area contributed by atoms with Gasteiger partial charge in [-0.05, 0) is 31.6 Å². The van der Waals surface area contributed by atoms with Gasteiger partial charge in [0, 0.05) is 25.7 Å². The van der Waals surface area contributed by atoms with Gasteiger partial charge in [-0.2, -0.15) is 0 Å². The molecule has 0 amide bonds. The highest BCUT2D eigenvalue weighted by atomic mass is 31.2. The number of esters is 4. The van der Waals surface area contributed by atoms with Gasteiger partial charge in [0.05, 0.1) is 26.4 Å². The number of rotatable bonds is 70. The summed E-state index contributed by atoms with van der Waals surface area (Å²) in [6, 6.07) is 0. The first-order valence-electron chi connectivity index (χ1n) is 36.6. The molecule has 0 aliphatic carbocycles. The second-order valence-corrected chi connectivity index (χ2v) is 28.7. The molecule has 0 saturated carbocycles. The fraction of sp³-hybridized carbons (Fsp3) is 0.943. The van der Waals surface area contributed by atoms with E-state index in [4.69, 9.17) is 37.0 Å². The maximum Gasteiger partial charge on any atom is 0.472 e. The zero-order chi connectivity index (χ0) is 65.6. The Morgan fingerprint density at radius 2 is 0.517 bits per heavy atom. The molecule has 0 saturated heterocycles. The number of carbonyl (C=O) groups excluding carboxylic acids is 4. The van der Waals surface area contributed by atoms with Crippen LogP contribution in [0.25, 0.3) is 0 Å². The first-order chi connectivity index (χ1) is 43.0. The standard InChI is InChI=1S/C70H136O17P2/c1-6-9-12-15-18-20-22-24-25-26-27-31-36-41-46-51-56-70(75)87-66(60-81-68(73)54-49-44-39-34-32-28-29-33-38-42-47-52-63(4)5)62-85-89(78,79)83-58-64(71)57-82-88(76,77)84-61-65(59-80-67(72)53-48-43-37-17-14-11-8-3)86-69(74)55-50-45-40-35-30-23-21-19-16-13-10-7-2/h63-66,71H,6-62H2,1-5H3,(H,76,77)(H,78,79)/t64-,65+,66+/m0/s1. The van der Waals surface area contributed by atoms with Crippen LogP contribution in [0.2, 0.25) is 0 Å². The number of aliphatic hydroxyl groups is 1. The van der Waals surface area contributed by atoms with Crippen LogP contribution in [0.5, 0.6) is 0 Å². The number of ether oxygens (including phenoxy) is 4. The number of aliphatic hydroxyl groups excluding tert-OH is 1. The van der Waals surface area contributed by atoms with Gasteiger partial charge in [0.2, 0.25) is 0 Å². The first kappa shape index (κ1) is 87.1. The molecule has 17 nitrogen and oxygen atoms in total. The molecule has 0 rings (SSSR count). The maximum absolute atomic E-state index is 13.0. The summed E-state index contributed by atoms with van der Waals surface area (Å²) in [7, 11) is -9.89. The normalized spacial score (nSPS) is 14.1. The van der Waals surface area contributed by atoms with E-state index >= 15 is 0 Å². The van der Waals surface area contributed by atoms with Crippen LogP contribution in [0.15, 0.2) is 0 Å². The summed E-state index contributed by atoms with van der Waals surface area (Å²) in [4.78, 5) is 72.4. The quantitative estimate of drug-likeness (QED) is 0.0222. The lowest BCUT2D eigenvalue weighted by Crippen LogP contribution is -2.30. The van der Waals surface area contributed by atoms with E-state index in [1.54, 1.807) is 0 Å². The van der Waals surface area contributed by atoms with Crippen LogP contribution in [0, 0.1) is 5.92 Å². The zero-order valence-corrected chi connectivity index (χ0v) is 59.4. The van der Waals surface area contributed by atoms with Crippen molar-refractivity contribution in [1.82, 2.24) is 0 Å². The van der Waals surface area contributed by atoms with Gasteiger partial charge in [-0.3, -0.25) is 37.3 Å². The number of hydrogen-bond donors (Lipinski definition) is 3. The highest BCUT2D eigenvalue weighted by molar-refractivity contribution is 7.47. The maximum atomic E-state index is 13.0. The Labute approximate surface area is 543 Å². The molecule has 0 spiro atoms. The molecule has 0 radical (unpaired) electrons. The van der Waals surface area contributed by atoms with Gasteiger partial charge in [0.1, 0.15) is 19.3 Å². The van der Waals surface area contributed by atoms with Crippen molar-refractivity contribution in [3.8, 4) is 0 Å². The molecular weight excluding hydrogens is 1170 g/mol. The largest absolute Gasteiger partial charge is 0.472 e. The molecule has 0 heterocycles. The molecule has 0 aromatic rings. The van der Waals surface area contributed by atoms with Crippen molar-refractivity contribution in [2.75, 3.05) is 39.6 Å². The van der Waals surface area contributed by atoms with Crippen LogP contribution in [-0.4, -0.2) is 96.7 Å². The lowest BCUT2D eigenvalue weighted by molar-refractivity contribution is -0.161. The van der Waals surface area contributed by atoms with Crippen molar-refractivity contribution in [3.05, 3.63) is 0 Å². The number of hydrogen-bond acceptors (Lipinski definition) is 15. The second-order valence-electron chi connectivity index (χ2n) is 25.7. The molecule has 19 heteroatoms. The monoisotopic (exact) mass is 1310 g/mol. The van der Waals surface area contributed by atoms with Gasteiger partial charge in [0.15, 0.2) is 12.2 Å². The first-order valence-corrected chi connectivity index (χ1v) is 39.6. The smallest absolute Gasteiger partial charge is 0.462 e. The zero-order valence-electron chi connectivity index (χ0n) is 57.6. The van der Waals surface area contributed by atoms with Crippen molar-refractivity contribution in [3.63, 3.8) is 0 Å². The molecule has 0 aromatic carbocycles. The Kier molecular flexibility index (Phi) is 62.1. The summed E-state index contributed by atoms with van der Waals surface area (Å²) in [5.74, 6) is -1.35. The minimum atomic E-state index is -4.95. The van der Waals surface area contributed by atoms with E-state index in [0.29, 0.717) is 25.7 Å². The van der Waals surface area contributed by atoms with E-state index in [-0.39, 0.29) is 25.7 Å². The summed E-state index contributed by atoms with van der Waals surface area (Å²) < 4.78 is 68.2. The van der Waals surface area contributed by atoms with Crippen molar-refractivity contribution in [2.24, 2.45) is 5.92 Å². The summed E-state index contributed by atoms with van der Waals surface area (Å²) >= 11 is 0. The van der Waals surface area contributed by atoms with Gasteiger partial charge in [-0.25, -0.2) is 9.13 Å². The van der Waals surface area contributed by atoms with Crippen LogP contribution >= 0.6 is 15.6 Å². The van der Waals surface area contributed by atoms with Crippen LogP contribution in [0.4, 0.5) is 0 Å². The molecule has 0 aliphatic rings. The van der Waals surface area contributed by atoms with E-state index in [1.165, 1.54) is 173 Å². The third kappa shape index (κ3) is 64.6. The fourth-order valence-electron chi connectivity index (χ4n) is 10.6. The van der Waals surface area contributed by atoms with E-state index in [9.17, 15) is 43.2 Å². The van der Waals surface area contributed by atoms with Crippen molar-refractivity contribution >= 4 is 39.5 Å². The molecule has 0 bridgehead atoms. The Morgan fingerprint density at radius 1 is 0.303 bits per heavy atom. The lowest BCUT2D eigenvalue weighted by atomic mass is 10.0. The van der Waals surface area contributed by atoms with Crippen molar-refractivity contribution in [2.45, 2.75) is 380 Å². The molecule has 0 aromatic heterocycles. The second kappa shape index (κ2) is 63.5. The highest BCUT2D eigenvalue weighted by Crippen LogP contribution is 2.45. The van der Waals surface area contributed by atoms with Crippen LogP contribution in [0.1, 0.15) is 362 Å². The Morgan fingerprint density at radius 3 is 0.764 bits per heavy atom. The van der Waals surface area contributed by atoms with E-state index in [2.05, 4.69) is 34.6 Å². The highest BCUT2D eigenvalue weighted by Gasteiger charge is 2.30. The molecule has 0 fully saturated rings. The summed E-state index contributed by atoms with van der Waals surface area (Å²) in [5, 5.41) is 10.6.